The predicted octanol–water partition coefficient (Wildman–Crippen LogP) is 2.33. The molecule has 1 saturated carbocycles. The quantitative estimate of drug-likeness (QED) is 0.898. The number of carbonyl (C=O) groups is 1. The number of aromatic nitrogens is 2. The molecule has 3 rings (SSSR count). The highest BCUT2D eigenvalue weighted by Crippen LogP contribution is 2.32. The van der Waals surface area contributed by atoms with Crippen molar-refractivity contribution in [2.75, 3.05) is 0 Å². The number of ketones is 1. The fraction of sp³-hybridized carbons (Fsp3) is 0.467. The zero-order valence-corrected chi connectivity index (χ0v) is 11.2. The fourth-order valence-corrected chi connectivity index (χ4v) is 2.95. The van der Waals surface area contributed by atoms with E-state index in [0.29, 0.717) is 24.5 Å². The summed E-state index contributed by atoms with van der Waals surface area (Å²) in [5.41, 5.74) is 9.61. The third-order valence-electron chi connectivity index (χ3n) is 4.23. The van der Waals surface area contributed by atoms with E-state index >= 15 is 0 Å². The van der Waals surface area contributed by atoms with Gasteiger partial charge in [-0.3, -0.25) is 4.79 Å². The maximum absolute atomic E-state index is 11.3. The lowest BCUT2D eigenvalue weighted by Gasteiger charge is -2.27. The van der Waals surface area contributed by atoms with Gasteiger partial charge in [0.25, 0.3) is 0 Å². The molecule has 2 aromatic rings. The van der Waals surface area contributed by atoms with Gasteiger partial charge >= 0.3 is 0 Å². The number of rotatable bonds is 2. The standard InChI is InChI=1S/C15H19N3O/c1-18-9-17-13-8-11(4-7-14(13)18)15(16)10-2-5-12(19)6-3-10/h4,7-10,15H,2-3,5-6,16H2,1H3. The maximum Gasteiger partial charge on any atom is 0.132 e. The molecule has 1 aliphatic carbocycles. The highest BCUT2D eigenvalue weighted by Gasteiger charge is 2.25. The summed E-state index contributed by atoms with van der Waals surface area (Å²) in [4.78, 5) is 15.7. The Labute approximate surface area is 112 Å². The summed E-state index contributed by atoms with van der Waals surface area (Å²) in [6.07, 6.45) is 5.02. The van der Waals surface area contributed by atoms with Crippen molar-refractivity contribution in [1.82, 2.24) is 9.55 Å². The van der Waals surface area contributed by atoms with Gasteiger partial charge in [0.05, 0.1) is 17.4 Å². The van der Waals surface area contributed by atoms with Gasteiger partial charge in [-0.1, -0.05) is 6.07 Å². The Kier molecular flexibility index (Phi) is 3.11. The lowest BCUT2D eigenvalue weighted by atomic mass is 9.81. The molecule has 0 saturated heterocycles. The minimum atomic E-state index is 0.0134. The van der Waals surface area contributed by atoms with Gasteiger partial charge in [-0.05, 0) is 36.5 Å². The van der Waals surface area contributed by atoms with Crippen LogP contribution >= 0.6 is 0 Å². The number of hydrogen-bond donors (Lipinski definition) is 1. The average Bonchev–Trinajstić information content (AvgIpc) is 2.80. The number of fused-ring (bicyclic) bond motifs is 1. The summed E-state index contributed by atoms with van der Waals surface area (Å²) in [7, 11) is 1.99. The second-order valence-corrected chi connectivity index (χ2v) is 5.51. The predicted molar refractivity (Wildman–Crippen MR) is 74.6 cm³/mol. The number of nitrogens with two attached hydrogens (primary N) is 1. The van der Waals surface area contributed by atoms with Crippen LogP contribution in [0.25, 0.3) is 11.0 Å². The summed E-state index contributed by atoms with van der Waals surface area (Å²) < 4.78 is 2.00. The van der Waals surface area contributed by atoms with Crippen molar-refractivity contribution in [1.29, 1.82) is 0 Å². The summed E-state index contributed by atoms with van der Waals surface area (Å²) >= 11 is 0. The molecule has 1 aromatic carbocycles. The minimum Gasteiger partial charge on any atom is -0.334 e. The lowest BCUT2D eigenvalue weighted by Crippen LogP contribution is -2.26. The van der Waals surface area contributed by atoms with E-state index in [4.69, 9.17) is 5.73 Å². The second-order valence-electron chi connectivity index (χ2n) is 5.51. The molecule has 0 spiro atoms. The number of imidazole rings is 1. The first-order chi connectivity index (χ1) is 9.15. The Morgan fingerprint density at radius 3 is 2.84 bits per heavy atom. The van der Waals surface area contributed by atoms with Gasteiger partial charge in [0, 0.05) is 25.9 Å². The Bertz CT molecular complexity index is 607. The fourth-order valence-electron chi connectivity index (χ4n) is 2.95. The molecule has 4 nitrogen and oxygen atoms in total. The Balaban J connectivity index is 1.84. The minimum absolute atomic E-state index is 0.0134. The van der Waals surface area contributed by atoms with Gasteiger partial charge in [-0.2, -0.15) is 0 Å². The molecule has 0 bridgehead atoms. The highest BCUT2D eigenvalue weighted by atomic mass is 16.1. The molecule has 0 radical (unpaired) electrons. The SMILES string of the molecule is Cn1cnc2cc(C(N)C3CCC(=O)CC3)ccc21. The van der Waals surface area contributed by atoms with Crippen molar-refractivity contribution in [3.63, 3.8) is 0 Å². The molecule has 0 aliphatic heterocycles. The van der Waals surface area contributed by atoms with Crippen LogP contribution in [0.5, 0.6) is 0 Å². The topological polar surface area (TPSA) is 60.9 Å². The second kappa shape index (κ2) is 4.78. The summed E-state index contributed by atoms with van der Waals surface area (Å²) in [5.74, 6) is 0.794. The molecule has 0 amide bonds. The number of hydrogen-bond acceptors (Lipinski definition) is 3. The Hall–Kier alpha value is -1.68. The first-order valence-electron chi connectivity index (χ1n) is 6.83. The Morgan fingerprint density at radius 1 is 1.37 bits per heavy atom. The van der Waals surface area contributed by atoms with Crippen LogP contribution in [0.3, 0.4) is 0 Å². The molecular weight excluding hydrogens is 238 g/mol. The molecule has 19 heavy (non-hydrogen) atoms. The molecule has 4 heteroatoms. The monoisotopic (exact) mass is 257 g/mol. The van der Waals surface area contributed by atoms with E-state index in [1.54, 1.807) is 0 Å². The van der Waals surface area contributed by atoms with Crippen LogP contribution in [0.2, 0.25) is 0 Å². The zero-order chi connectivity index (χ0) is 13.4. The summed E-state index contributed by atoms with van der Waals surface area (Å²) in [5, 5.41) is 0. The van der Waals surface area contributed by atoms with E-state index in [1.807, 2.05) is 17.9 Å². The third kappa shape index (κ3) is 2.28. The molecule has 1 aromatic heterocycles. The van der Waals surface area contributed by atoms with Crippen molar-refractivity contribution in [3.05, 3.63) is 30.1 Å². The van der Waals surface area contributed by atoms with E-state index in [0.717, 1.165) is 29.4 Å². The number of aryl methyl sites for hydroxylation is 1. The molecule has 1 aliphatic rings. The van der Waals surface area contributed by atoms with Gasteiger partial charge in [-0.15, -0.1) is 0 Å². The van der Waals surface area contributed by atoms with Gasteiger partial charge in [-0.25, -0.2) is 4.98 Å². The molecule has 2 N–H and O–H groups in total. The van der Waals surface area contributed by atoms with Gasteiger partial charge in [0.2, 0.25) is 0 Å². The van der Waals surface area contributed by atoms with Crippen LogP contribution in [0.1, 0.15) is 37.3 Å². The number of carbonyl (C=O) groups excluding carboxylic acids is 1. The van der Waals surface area contributed by atoms with Gasteiger partial charge < -0.3 is 10.3 Å². The molecule has 1 atom stereocenters. The van der Waals surface area contributed by atoms with E-state index in [9.17, 15) is 4.79 Å². The third-order valence-corrected chi connectivity index (χ3v) is 4.23. The molecule has 1 heterocycles. The first-order valence-corrected chi connectivity index (χ1v) is 6.83. The number of Topliss-reactive ketones (excluding diaryl/α,β-unsaturated/α-hetero) is 1. The van der Waals surface area contributed by atoms with E-state index in [1.165, 1.54) is 0 Å². The summed E-state index contributed by atoms with van der Waals surface area (Å²) in [6, 6.07) is 6.26. The van der Waals surface area contributed by atoms with Crippen molar-refractivity contribution < 1.29 is 4.79 Å². The molecule has 100 valence electrons. The highest BCUT2D eigenvalue weighted by molar-refractivity contribution is 5.79. The van der Waals surface area contributed by atoms with Gasteiger partial charge in [0.1, 0.15) is 5.78 Å². The van der Waals surface area contributed by atoms with Crippen LogP contribution in [-0.4, -0.2) is 15.3 Å². The first kappa shape index (κ1) is 12.4. The normalized spacial score (nSPS) is 18.9. The van der Waals surface area contributed by atoms with Crippen molar-refractivity contribution in [2.45, 2.75) is 31.7 Å². The molecular formula is C15H19N3O. The van der Waals surface area contributed by atoms with Crippen LogP contribution in [0, 0.1) is 5.92 Å². The van der Waals surface area contributed by atoms with E-state index in [-0.39, 0.29) is 6.04 Å². The van der Waals surface area contributed by atoms with E-state index in [2.05, 4.69) is 23.2 Å². The largest absolute Gasteiger partial charge is 0.334 e. The van der Waals surface area contributed by atoms with Crippen LogP contribution in [-0.2, 0) is 11.8 Å². The lowest BCUT2D eigenvalue weighted by molar-refractivity contribution is -0.121. The smallest absolute Gasteiger partial charge is 0.132 e. The summed E-state index contributed by atoms with van der Waals surface area (Å²) in [6.45, 7) is 0. The van der Waals surface area contributed by atoms with Crippen molar-refractivity contribution >= 4 is 16.8 Å². The zero-order valence-electron chi connectivity index (χ0n) is 11.2. The van der Waals surface area contributed by atoms with E-state index < -0.39 is 0 Å². The van der Waals surface area contributed by atoms with Crippen molar-refractivity contribution in [3.8, 4) is 0 Å². The number of nitrogens with zero attached hydrogens (tertiary/aromatic N) is 2. The average molecular weight is 257 g/mol. The van der Waals surface area contributed by atoms with Gasteiger partial charge in [0.15, 0.2) is 0 Å². The Morgan fingerprint density at radius 2 is 2.11 bits per heavy atom. The van der Waals surface area contributed by atoms with Crippen LogP contribution < -0.4 is 5.73 Å². The van der Waals surface area contributed by atoms with Crippen LogP contribution in [0.15, 0.2) is 24.5 Å². The van der Waals surface area contributed by atoms with Crippen molar-refractivity contribution in [2.24, 2.45) is 18.7 Å². The molecule has 1 fully saturated rings. The maximum atomic E-state index is 11.3. The van der Waals surface area contributed by atoms with Crippen LogP contribution in [0.4, 0.5) is 0 Å². The number of benzene rings is 1. The molecule has 1 unspecified atom stereocenters.